The Balaban J connectivity index is 0.00000165. The molecular weight excluding hydrogens is 651 g/mol. The Kier molecular flexibility index (Phi) is 8.44. The van der Waals surface area contributed by atoms with Gasteiger partial charge >= 0.3 is 254 Å². The number of halogens is 2. The maximum Gasteiger partial charge on any atom is -1.00 e. The minimum absolute atomic E-state index is 0. The van der Waals surface area contributed by atoms with Crippen molar-refractivity contribution in [2.75, 3.05) is 0 Å². The maximum absolute atomic E-state index is 6.18. The third-order valence-electron chi connectivity index (χ3n) is 8.78. The van der Waals surface area contributed by atoms with E-state index in [0.29, 0.717) is 11.8 Å². The molecule has 2 aromatic heterocycles. The van der Waals surface area contributed by atoms with E-state index in [2.05, 4.69) is 123 Å². The average Bonchev–Trinajstić information content (AvgIpc) is 3.82. The fraction of sp³-hybridized carbons (Fsp3) is 0.158. The summed E-state index contributed by atoms with van der Waals surface area (Å²) in [4.78, 5) is 0. The molecule has 2 heterocycles. The van der Waals surface area contributed by atoms with Crippen LogP contribution in [0.25, 0.3) is 29.2 Å². The molecule has 8 rings (SSSR count). The zero-order chi connectivity index (χ0) is 27.5. The first-order chi connectivity index (χ1) is 20.2. The topological polar surface area (TPSA) is 26.3 Å². The number of hydrogen-bond donors (Lipinski definition) is 0. The van der Waals surface area contributed by atoms with Gasteiger partial charge in [0.2, 0.25) is 0 Å². The summed E-state index contributed by atoms with van der Waals surface area (Å²) in [6.45, 7) is 4.28. The monoisotopic (exact) mass is 678 g/mol. The SMILES string of the molecule is CCc1ccc(-c2ccc3c(c2)[C]([Zr+2][C]2=C4C=CC=CC4c4ccc(-c5ccc(CC)o5)cc42)=C2C=CC=CC23)o1.[Cl-].[Cl-]. The van der Waals surface area contributed by atoms with Crippen LogP contribution in [0.1, 0.15) is 59.5 Å². The second-order valence-corrected chi connectivity index (χ2v) is 14.1. The number of furan rings is 2. The van der Waals surface area contributed by atoms with Crippen LogP contribution in [0.15, 0.2) is 129 Å². The number of rotatable bonds is 6. The van der Waals surface area contributed by atoms with Crippen LogP contribution in [0.5, 0.6) is 0 Å². The van der Waals surface area contributed by atoms with Crippen molar-refractivity contribution in [3.05, 3.63) is 154 Å². The summed E-state index contributed by atoms with van der Waals surface area (Å²) < 4.78 is 15.5. The van der Waals surface area contributed by atoms with Crippen LogP contribution in [0, 0.1) is 0 Å². The molecule has 2 nitrogen and oxygen atoms in total. The van der Waals surface area contributed by atoms with E-state index in [0.717, 1.165) is 35.9 Å². The first-order valence-corrected chi connectivity index (χ1v) is 17.1. The zero-order valence-corrected chi connectivity index (χ0v) is 28.0. The van der Waals surface area contributed by atoms with Crippen molar-refractivity contribution in [2.24, 2.45) is 0 Å². The fourth-order valence-corrected chi connectivity index (χ4v) is 10.9. The zero-order valence-electron chi connectivity index (χ0n) is 24.0. The standard InChI is InChI=1S/2C19H15O.2ClH.Zr/c2*1-2-16-8-10-19(20-16)14-7-9-18-15(12-14)11-13-5-3-4-6-17(13)18;;;/h2*3-10,12,17H,2H2,1H3;2*1H;/q;;;;+2/p-2. The number of benzene rings is 2. The van der Waals surface area contributed by atoms with Crippen LogP contribution < -0.4 is 24.8 Å². The molecule has 4 aliphatic carbocycles. The molecule has 5 heteroatoms. The molecule has 2 aromatic carbocycles. The van der Waals surface area contributed by atoms with E-state index in [4.69, 9.17) is 8.83 Å². The Morgan fingerprint density at radius 3 is 1.47 bits per heavy atom. The summed E-state index contributed by atoms with van der Waals surface area (Å²) in [5.74, 6) is 4.67. The van der Waals surface area contributed by atoms with Crippen molar-refractivity contribution >= 4 is 6.56 Å². The maximum atomic E-state index is 6.18. The Hall–Kier alpha value is -3.10. The third-order valence-corrected chi connectivity index (χ3v) is 12.8. The van der Waals surface area contributed by atoms with Gasteiger partial charge < -0.3 is 24.8 Å². The average molecular weight is 681 g/mol. The van der Waals surface area contributed by atoms with Crippen LogP contribution in [-0.4, -0.2) is 0 Å². The van der Waals surface area contributed by atoms with Gasteiger partial charge in [0.25, 0.3) is 0 Å². The summed E-state index contributed by atoms with van der Waals surface area (Å²) in [6.07, 6.45) is 20.1. The van der Waals surface area contributed by atoms with Gasteiger partial charge in [-0.25, -0.2) is 0 Å². The molecule has 0 saturated carbocycles. The molecule has 212 valence electrons. The van der Waals surface area contributed by atoms with Crippen LogP contribution >= 0.6 is 0 Å². The fourth-order valence-electron chi connectivity index (χ4n) is 6.66. The molecule has 0 fully saturated rings. The molecule has 0 amide bonds. The Morgan fingerprint density at radius 1 is 0.581 bits per heavy atom. The molecule has 4 aliphatic rings. The predicted molar refractivity (Wildman–Crippen MR) is 163 cm³/mol. The van der Waals surface area contributed by atoms with Crippen molar-refractivity contribution < 1.29 is 56.9 Å². The minimum atomic E-state index is -1.23. The van der Waals surface area contributed by atoms with Crippen LogP contribution in [0.4, 0.5) is 0 Å². The van der Waals surface area contributed by atoms with Gasteiger partial charge in [-0.15, -0.1) is 0 Å². The van der Waals surface area contributed by atoms with E-state index in [1.54, 1.807) is 6.56 Å². The third kappa shape index (κ3) is 5.00. The summed E-state index contributed by atoms with van der Waals surface area (Å²) in [5, 5.41) is 0. The number of fused-ring (bicyclic) bond motifs is 6. The largest absolute Gasteiger partial charge is 1.00 e. The smallest absolute Gasteiger partial charge is 1.00 e. The summed E-state index contributed by atoms with van der Waals surface area (Å²) in [6, 6.07) is 22.4. The normalized spacial score (nSPS) is 18.6. The Labute approximate surface area is 277 Å². The van der Waals surface area contributed by atoms with Gasteiger partial charge in [-0.3, -0.25) is 0 Å². The van der Waals surface area contributed by atoms with E-state index in [9.17, 15) is 0 Å². The summed E-state index contributed by atoms with van der Waals surface area (Å²) in [7, 11) is 0. The van der Waals surface area contributed by atoms with Gasteiger partial charge in [0.05, 0.1) is 0 Å². The van der Waals surface area contributed by atoms with Gasteiger partial charge in [-0.05, 0) is 0 Å². The molecule has 43 heavy (non-hydrogen) atoms. The molecular formula is C38H30Cl2O2Zr. The van der Waals surface area contributed by atoms with Crippen LogP contribution in [0.3, 0.4) is 0 Å². The van der Waals surface area contributed by atoms with Crippen LogP contribution in [-0.2, 0) is 36.1 Å². The first kappa shape index (κ1) is 30.0. The minimum Gasteiger partial charge on any atom is -1.00 e. The molecule has 4 aromatic rings. The van der Waals surface area contributed by atoms with E-state index in [1.807, 2.05) is 0 Å². The van der Waals surface area contributed by atoms with E-state index < -0.39 is 23.2 Å². The number of hydrogen-bond acceptors (Lipinski definition) is 2. The second-order valence-electron chi connectivity index (χ2n) is 11.1. The molecule has 2 atom stereocenters. The molecule has 2 unspecified atom stereocenters. The second kappa shape index (κ2) is 12.1. The van der Waals surface area contributed by atoms with Crippen molar-refractivity contribution in [2.45, 2.75) is 38.5 Å². The summed E-state index contributed by atoms with van der Waals surface area (Å²) >= 11 is -1.23. The Morgan fingerprint density at radius 2 is 1.05 bits per heavy atom. The number of allylic oxidation sites excluding steroid dienone is 10. The molecule has 0 bridgehead atoms. The van der Waals surface area contributed by atoms with Crippen LogP contribution in [0.2, 0.25) is 0 Å². The summed E-state index contributed by atoms with van der Waals surface area (Å²) in [5.41, 5.74) is 11.0. The van der Waals surface area contributed by atoms with E-state index in [-0.39, 0.29) is 24.8 Å². The Bertz CT molecular complexity index is 1770. The quantitative estimate of drug-likeness (QED) is 0.308. The first-order valence-electron chi connectivity index (χ1n) is 14.6. The van der Waals surface area contributed by atoms with E-state index >= 15 is 0 Å². The number of aryl methyl sites for hydroxylation is 2. The predicted octanol–water partition coefficient (Wildman–Crippen LogP) is 3.99. The van der Waals surface area contributed by atoms with Crippen molar-refractivity contribution in [3.8, 4) is 22.6 Å². The molecule has 0 saturated heterocycles. The van der Waals surface area contributed by atoms with Gasteiger partial charge in [0.1, 0.15) is 0 Å². The van der Waals surface area contributed by atoms with E-state index in [1.165, 1.54) is 44.5 Å². The van der Waals surface area contributed by atoms with Gasteiger partial charge in [-0.2, -0.15) is 0 Å². The van der Waals surface area contributed by atoms with Gasteiger partial charge in [0, 0.05) is 0 Å². The van der Waals surface area contributed by atoms with Crippen molar-refractivity contribution in [1.82, 2.24) is 0 Å². The molecule has 0 N–H and O–H groups in total. The molecule has 0 spiro atoms. The van der Waals surface area contributed by atoms with Crippen molar-refractivity contribution in [3.63, 3.8) is 0 Å². The van der Waals surface area contributed by atoms with Crippen molar-refractivity contribution in [1.29, 1.82) is 0 Å². The van der Waals surface area contributed by atoms with Gasteiger partial charge in [0.15, 0.2) is 0 Å². The molecule has 0 aliphatic heterocycles. The molecule has 0 radical (unpaired) electrons. The van der Waals surface area contributed by atoms with Gasteiger partial charge in [-0.1, -0.05) is 0 Å².